The molecule has 1 aromatic heterocycles. The Kier molecular flexibility index (Phi) is 5.22. The minimum Gasteiger partial charge on any atom is -0.508 e. The number of allylic oxidation sites excluding steroid dienone is 4. The van der Waals surface area contributed by atoms with Gasteiger partial charge in [-0.1, -0.05) is 11.6 Å². The maximum atomic E-state index is 11.7. The zero-order valence-electron chi connectivity index (χ0n) is 14.8. The zero-order chi connectivity index (χ0) is 18.7. The Morgan fingerprint density at radius 1 is 1.20 bits per heavy atom. The highest BCUT2D eigenvalue weighted by molar-refractivity contribution is 6.06. The van der Waals surface area contributed by atoms with E-state index in [1.807, 2.05) is 20.8 Å². The van der Waals surface area contributed by atoms with Crippen molar-refractivity contribution in [3.63, 3.8) is 0 Å². The number of nitrogens with two attached hydrogens (primary N) is 2. The molecule has 0 spiro atoms. The second-order valence-electron chi connectivity index (χ2n) is 5.81. The highest BCUT2D eigenvalue weighted by Crippen LogP contribution is 2.29. The first-order chi connectivity index (χ1) is 11.7. The van der Waals surface area contributed by atoms with Gasteiger partial charge in [-0.15, -0.1) is 0 Å². The van der Waals surface area contributed by atoms with Crippen molar-refractivity contribution in [2.75, 3.05) is 5.73 Å². The van der Waals surface area contributed by atoms with Gasteiger partial charge < -0.3 is 16.6 Å². The van der Waals surface area contributed by atoms with E-state index in [0.717, 1.165) is 17.0 Å². The number of hydrogen-bond donors (Lipinski definition) is 3. The van der Waals surface area contributed by atoms with E-state index in [1.165, 1.54) is 0 Å². The van der Waals surface area contributed by atoms with Crippen molar-refractivity contribution in [3.8, 4) is 0 Å². The van der Waals surface area contributed by atoms with Gasteiger partial charge in [-0.25, -0.2) is 9.97 Å². The van der Waals surface area contributed by atoms with Gasteiger partial charge in [0.2, 0.25) is 0 Å². The normalized spacial score (nSPS) is 13.0. The number of carbonyl (C=O) groups is 1. The van der Waals surface area contributed by atoms with E-state index in [4.69, 9.17) is 11.5 Å². The summed E-state index contributed by atoms with van der Waals surface area (Å²) in [5.74, 6) is -0.462. The summed E-state index contributed by atoms with van der Waals surface area (Å²) in [6.45, 7) is 7.31. The molecule has 0 fully saturated rings. The van der Waals surface area contributed by atoms with Gasteiger partial charge in [0.1, 0.15) is 5.76 Å². The van der Waals surface area contributed by atoms with Crippen LogP contribution in [0.15, 0.2) is 35.6 Å². The number of anilines is 1. The largest absolute Gasteiger partial charge is 0.508 e. The fraction of sp³-hybridized carbons (Fsp3) is 0.211. The lowest BCUT2D eigenvalue weighted by atomic mass is 10.0. The highest BCUT2D eigenvalue weighted by Gasteiger charge is 2.16. The van der Waals surface area contributed by atoms with Crippen LogP contribution in [0.1, 0.15) is 41.2 Å². The van der Waals surface area contributed by atoms with Crippen molar-refractivity contribution in [3.05, 3.63) is 58.1 Å². The lowest BCUT2D eigenvalue weighted by Gasteiger charge is -2.12. The Bertz CT molecular complexity index is 940. The number of nitrogen functional groups attached to an aromatic ring is 1. The van der Waals surface area contributed by atoms with E-state index in [2.05, 4.69) is 9.97 Å². The van der Waals surface area contributed by atoms with Crippen molar-refractivity contribution in [1.29, 1.82) is 0 Å². The molecular formula is C19H22N4O2. The van der Waals surface area contributed by atoms with E-state index in [1.54, 1.807) is 37.3 Å². The summed E-state index contributed by atoms with van der Waals surface area (Å²) in [6.07, 6.45) is 6.70. The van der Waals surface area contributed by atoms with E-state index in [0.29, 0.717) is 16.6 Å². The third-order valence-electron chi connectivity index (χ3n) is 3.90. The Morgan fingerprint density at radius 3 is 2.44 bits per heavy atom. The first-order valence-corrected chi connectivity index (χ1v) is 7.83. The number of primary amides is 1. The molecule has 25 heavy (non-hydrogen) atoms. The molecule has 2 rings (SSSR count). The first-order valence-electron chi connectivity index (χ1n) is 7.83. The van der Waals surface area contributed by atoms with Crippen molar-refractivity contribution in [2.24, 2.45) is 5.73 Å². The number of aliphatic hydroxyl groups is 1. The zero-order valence-corrected chi connectivity index (χ0v) is 14.8. The molecule has 0 aliphatic rings. The number of amides is 1. The third kappa shape index (κ3) is 3.85. The van der Waals surface area contributed by atoms with Gasteiger partial charge in [-0.05, 0) is 52.0 Å². The Balaban J connectivity index is 2.75. The summed E-state index contributed by atoms with van der Waals surface area (Å²) in [7, 11) is 0. The average molecular weight is 338 g/mol. The number of benzene rings is 1. The summed E-state index contributed by atoms with van der Waals surface area (Å²) in [6, 6.07) is 1.57. The lowest BCUT2D eigenvalue weighted by molar-refractivity contribution is 0.100. The van der Waals surface area contributed by atoms with Gasteiger partial charge in [0.05, 0.1) is 33.7 Å². The van der Waals surface area contributed by atoms with Crippen LogP contribution in [0, 0.1) is 13.8 Å². The Labute approximate surface area is 146 Å². The van der Waals surface area contributed by atoms with Crippen molar-refractivity contribution < 1.29 is 9.90 Å². The van der Waals surface area contributed by atoms with Crippen LogP contribution in [0.5, 0.6) is 0 Å². The molecule has 1 aromatic carbocycles. The Hall–Kier alpha value is -3.15. The molecule has 0 bridgehead atoms. The quantitative estimate of drug-likeness (QED) is 0.449. The number of aliphatic hydroxyl groups excluding tert-OH is 1. The molecular weight excluding hydrogens is 316 g/mol. The standard InChI is InChI=1S/C19H22N4O2/c1-5-13(24)7-6-10(2)8-14-17(20)15(19(21)25)9-16-18(14)23-12(4)11(3)22-16/h5-9,24H,20H2,1-4H3,(H2,21,25)/b7-6-,10-8+,13-5-. The molecule has 5 N–H and O–H groups in total. The van der Waals surface area contributed by atoms with Crippen LogP contribution < -0.4 is 11.5 Å². The number of hydrogen-bond acceptors (Lipinski definition) is 5. The molecule has 0 aliphatic heterocycles. The number of aromatic nitrogens is 2. The maximum Gasteiger partial charge on any atom is 0.250 e. The average Bonchev–Trinajstić information content (AvgIpc) is 2.56. The van der Waals surface area contributed by atoms with Gasteiger partial charge in [-0.2, -0.15) is 0 Å². The predicted molar refractivity (Wildman–Crippen MR) is 101 cm³/mol. The summed E-state index contributed by atoms with van der Waals surface area (Å²) in [4.78, 5) is 20.8. The fourth-order valence-electron chi connectivity index (χ4n) is 2.35. The minimum atomic E-state index is -0.617. The molecule has 2 aromatic rings. The molecule has 0 unspecified atom stereocenters. The fourth-order valence-corrected chi connectivity index (χ4v) is 2.35. The van der Waals surface area contributed by atoms with Crippen molar-refractivity contribution >= 4 is 28.7 Å². The second-order valence-corrected chi connectivity index (χ2v) is 5.81. The second kappa shape index (κ2) is 7.17. The van der Waals surface area contributed by atoms with Crippen LogP contribution in [0.25, 0.3) is 17.1 Å². The maximum absolute atomic E-state index is 11.7. The molecule has 1 heterocycles. The van der Waals surface area contributed by atoms with Gasteiger partial charge in [-0.3, -0.25) is 4.79 Å². The van der Waals surface area contributed by atoms with Gasteiger partial charge >= 0.3 is 0 Å². The number of fused-ring (bicyclic) bond motifs is 1. The van der Waals surface area contributed by atoms with Crippen LogP contribution in [0.3, 0.4) is 0 Å². The minimum absolute atomic E-state index is 0.155. The number of rotatable bonds is 4. The van der Waals surface area contributed by atoms with E-state index in [-0.39, 0.29) is 17.0 Å². The van der Waals surface area contributed by atoms with Crippen LogP contribution in [0.2, 0.25) is 0 Å². The lowest BCUT2D eigenvalue weighted by Crippen LogP contribution is -2.15. The molecule has 0 aliphatic carbocycles. The molecule has 0 saturated carbocycles. The predicted octanol–water partition coefficient (Wildman–Crippen LogP) is 3.35. The number of carbonyl (C=O) groups excluding carboxylic acids is 1. The number of nitrogens with zero attached hydrogens (tertiary/aromatic N) is 2. The van der Waals surface area contributed by atoms with Gasteiger partial charge in [0.15, 0.2) is 0 Å². The van der Waals surface area contributed by atoms with Gasteiger partial charge in [0, 0.05) is 5.56 Å². The molecule has 6 heteroatoms. The number of aryl methyl sites for hydroxylation is 2. The molecule has 130 valence electrons. The Morgan fingerprint density at radius 2 is 1.84 bits per heavy atom. The molecule has 1 amide bonds. The summed E-state index contributed by atoms with van der Waals surface area (Å²) < 4.78 is 0. The van der Waals surface area contributed by atoms with Crippen molar-refractivity contribution in [1.82, 2.24) is 9.97 Å². The summed E-state index contributed by atoms with van der Waals surface area (Å²) in [5, 5.41) is 9.52. The van der Waals surface area contributed by atoms with E-state index in [9.17, 15) is 9.90 Å². The molecule has 6 nitrogen and oxygen atoms in total. The van der Waals surface area contributed by atoms with E-state index >= 15 is 0 Å². The van der Waals surface area contributed by atoms with Gasteiger partial charge in [0.25, 0.3) is 5.91 Å². The summed E-state index contributed by atoms with van der Waals surface area (Å²) >= 11 is 0. The molecule has 0 atom stereocenters. The molecule has 0 saturated heterocycles. The van der Waals surface area contributed by atoms with Crippen LogP contribution >= 0.6 is 0 Å². The monoisotopic (exact) mass is 338 g/mol. The SMILES string of the molecule is C/C=C(O)/C=C\C(C)=C\c1c(N)c(C(N)=O)cc2nc(C)c(C)nc12. The van der Waals surface area contributed by atoms with Crippen LogP contribution in [-0.2, 0) is 0 Å². The van der Waals surface area contributed by atoms with Crippen molar-refractivity contribution in [2.45, 2.75) is 27.7 Å². The van der Waals surface area contributed by atoms with Crippen LogP contribution in [-0.4, -0.2) is 21.0 Å². The van der Waals surface area contributed by atoms with Crippen LogP contribution in [0.4, 0.5) is 5.69 Å². The topological polar surface area (TPSA) is 115 Å². The van der Waals surface area contributed by atoms with E-state index < -0.39 is 5.91 Å². The summed E-state index contributed by atoms with van der Waals surface area (Å²) in [5.41, 5.74) is 16.2. The molecule has 0 radical (unpaired) electrons. The third-order valence-corrected chi connectivity index (χ3v) is 3.90. The smallest absolute Gasteiger partial charge is 0.250 e. The highest BCUT2D eigenvalue weighted by atomic mass is 16.3. The first kappa shape index (κ1) is 18.2.